The lowest BCUT2D eigenvalue weighted by atomic mass is 10.3. The zero-order chi connectivity index (χ0) is 13.4. The molecule has 0 amide bonds. The second kappa shape index (κ2) is 8.34. The summed E-state index contributed by atoms with van der Waals surface area (Å²) in [6, 6.07) is 8.14. The third-order valence-corrected chi connectivity index (χ3v) is 4.92. The third-order valence-electron chi connectivity index (χ3n) is 1.94. The predicted molar refractivity (Wildman–Crippen MR) is 80.9 cm³/mol. The lowest BCUT2D eigenvalue weighted by molar-refractivity contribution is -0.136. The molecule has 18 heavy (non-hydrogen) atoms. The topological polar surface area (TPSA) is 37.3 Å². The van der Waals surface area contributed by atoms with E-state index in [1.165, 1.54) is 9.09 Å². The Kier molecular flexibility index (Phi) is 7.08. The van der Waals surface area contributed by atoms with Crippen molar-refractivity contribution in [1.82, 2.24) is 0 Å². The minimum absolute atomic E-state index is 0.154. The summed E-state index contributed by atoms with van der Waals surface area (Å²) in [7, 11) is 0. The van der Waals surface area contributed by atoms with Crippen LogP contribution in [0.3, 0.4) is 0 Å². The van der Waals surface area contributed by atoms with Gasteiger partial charge in [0.05, 0.1) is 10.6 Å². The van der Waals surface area contributed by atoms with Gasteiger partial charge in [-0.3, -0.25) is 4.79 Å². The maximum Gasteiger partial charge on any atom is 0.304 e. The van der Waals surface area contributed by atoms with Crippen LogP contribution in [0.5, 0.6) is 0 Å². The van der Waals surface area contributed by atoms with Gasteiger partial charge in [-0.1, -0.05) is 19.1 Å². The van der Waals surface area contributed by atoms with Gasteiger partial charge >= 0.3 is 5.97 Å². The summed E-state index contributed by atoms with van der Waals surface area (Å²) in [4.78, 5) is 11.7. The number of rotatable bonds is 4. The van der Waals surface area contributed by atoms with Gasteiger partial charge in [0.1, 0.15) is 0 Å². The van der Waals surface area contributed by atoms with Crippen molar-refractivity contribution in [3.05, 3.63) is 39.9 Å². The lowest BCUT2D eigenvalue weighted by Crippen LogP contribution is -2.04. The van der Waals surface area contributed by atoms with Crippen LogP contribution in [-0.2, 0) is 4.79 Å². The highest BCUT2D eigenvalue weighted by molar-refractivity contribution is 8.01. The fraction of sp³-hybridized carbons (Fsp3) is 0.308. The van der Waals surface area contributed by atoms with Crippen molar-refractivity contribution >= 4 is 40.4 Å². The summed E-state index contributed by atoms with van der Waals surface area (Å²) in [5.41, 5.74) is 0. The van der Waals surface area contributed by atoms with Crippen molar-refractivity contribution in [1.29, 1.82) is 0 Å². The summed E-state index contributed by atoms with van der Waals surface area (Å²) < 4.78 is 1.18. The minimum Gasteiger partial charge on any atom is -0.481 e. The number of carbonyl (C=O) groups is 1. The third kappa shape index (κ3) is 6.83. The monoisotopic (exact) mass is 300 g/mol. The first-order valence-corrected chi connectivity index (χ1v) is 8.14. The van der Waals surface area contributed by atoms with Crippen LogP contribution in [0.2, 0.25) is 0 Å². The van der Waals surface area contributed by atoms with Crippen LogP contribution in [0, 0.1) is 6.92 Å². The number of aryl methyl sites for hydroxylation is 1. The van der Waals surface area contributed by atoms with Gasteiger partial charge < -0.3 is 5.11 Å². The zero-order valence-electron chi connectivity index (χ0n) is 10.3. The molecule has 0 fully saturated rings. The average molecular weight is 300 g/mol. The van der Waals surface area contributed by atoms with Gasteiger partial charge in [0.2, 0.25) is 0 Å². The van der Waals surface area contributed by atoms with E-state index in [0.717, 1.165) is 0 Å². The fourth-order valence-electron chi connectivity index (χ4n) is 1.18. The Labute approximate surface area is 120 Å². The highest BCUT2D eigenvalue weighted by Gasteiger charge is 2.08. The minimum atomic E-state index is -0.730. The summed E-state index contributed by atoms with van der Waals surface area (Å²) in [6.45, 7) is 4.03. The SMILES string of the molecule is CC(CC(=O)O)Sc1cccs1.Cc1cccs1. The number of thioether (sulfide) groups is 1. The fourth-order valence-corrected chi connectivity index (χ4v) is 3.82. The van der Waals surface area contributed by atoms with Gasteiger partial charge in [0.25, 0.3) is 0 Å². The molecule has 0 spiro atoms. The Balaban J connectivity index is 0.000000225. The second-order valence-electron chi connectivity index (χ2n) is 3.68. The van der Waals surface area contributed by atoms with Crippen LogP contribution in [-0.4, -0.2) is 16.3 Å². The molecule has 2 rings (SSSR count). The van der Waals surface area contributed by atoms with E-state index < -0.39 is 5.97 Å². The number of carboxylic acids is 1. The Bertz CT molecular complexity index is 435. The van der Waals surface area contributed by atoms with Crippen molar-refractivity contribution in [2.45, 2.75) is 29.7 Å². The van der Waals surface area contributed by atoms with Gasteiger partial charge in [-0.25, -0.2) is 0 Å². The van der Waals surface area contributed by atoms with Gasteiger partial charge in [0.15, 0.2) is 0 Å². The number of hydrogen-bond donors (Lipinski definition) is 1. The van der Waals surface area contributed by atoms with Crippen LogP contribution in [0.1, 0.15) is 18.2 Å². The number of aliphatic carboxylic acids is 1. The highest BCUT2D eigenvalue weighted by Crippen LogP contribution is 2.28. The van der Waals surface area contributed by atoms with E-state index in [1.54, 1.807) is 34.4 Å². The van der Waals surface area contributed by atoms with Crippen molar-refractivity contribution in [3.8, 4) is 0 Å². The standard InChI is InChI=1S/C8H10O2S2.C5H6S/c1-6(5-7(9)10)12-8-3-2-4-11-8;1-5-3-2-4-6-5/h2-4,6H,5H2,1H3,(H,9,10);2-4H,1H3. The molecule has 0 saturated heterocycles. The van der Waals surface area contributed by atoms with Crippen LogP contribution >= 0.6 is 34.4 Å². The van der Waals surface area contributed by atoms with Crippen LogP contribution in [0.15, 0.2) is 39.2 Å². The van der Waals surface area contributed by atoms with Crippen molar-refractivity contribution in [2.75, 3.05) is 0 Å². The molecule has 0 aliphatic rings. The summed E-state index contributed by atoms with van der Waals surface area (Å²) >= 11 is 5.04. The van der Waals surface area contributed by atoms with E-state index in [4.69, 9.17) is 5.11 Å². The molecule has 0 aromatic carbocycles. The van der Waals surface area contributed by atoms with E-state index in [9.17, 15) is 4.79 Å². The maximum atomic E-state index is 10.3. The zero-order valence-corrected chi connectivity index (χ0v) is 12.8. The second-order valence-corrected chi connectivity index (χ2v) is 7.52. The summed E-state index contributed by atoms with van der Waals surface area (Å²) in [5, 5.41) is 12.7. The molecule has 1 unspecified atom stereocenters. The van der Waals surface area contributed by atoms with Gasteiger partial charge in [0, 0.05) is 10.1 Å². The molecule has 0 aliphatic heterocycles. The Morgan fingerprint density at radius 1 is 1.33 bits per heavy atom. The number of hydrogen-bond acceptors (Lipinski definition) is 4. The van der Waals surface area contributed by atoms with Crippen LogP contribution in [0.25, 0.3) is 0 Å². The van der Waals surface area contributed by atoms with Gasteiger partial charge in [-0.2, -0.15) is 0 Å². The molecule has 0 saturated carbocycles. The predicted octanol–water partition coefficient (Wildman–Crippen LogP) is 4.76. The number of carboxylic acid groups (broad SMARTS) is 1. The maximum absolute atomic E-state index is 10.3. The molecule has 0 aliphatic carbocycles. The quantitative estimate of drug-likeness (QED) is 0.827. The molecule has 2 aromatic heterocycles. The van der Waals surface area contributed by atoms with Gasteiger partial charge in [-0.05, 0) is 29.8 Å². The molecule has 2 nitrogen and oxygen atoms in total. The van der Waals surface area contributed by atoms with E-state index in [1.807, 2.05) is 24.4 Å². The van der Waals surface area contributed by atoms with Crippen LogP contribution in [0.4, 0.5) is 0 Å². The molecule has 1 atom stereocenters. The van der Waals surface area contributed by atoms with Crippen LogP contribution < -0.4 is 0 Å². The summed E-state index contributed by atoms with van der Waals surface area (Å²) in [5.74, 6) is -0.730. The molecule has 98 valence electrons. The molecule has 2 heterocycles. The first-order chi connectivity index (χ1) is 8.58. The molecule has 0 bridgehead atoms. The smallest absolute Gasteiger partial charge is 0.304 e. The van der Waals surface area contributed by atoms with Crippen molar-refractivity contribution < 1.29 is 9.90 Å². The molecule has 0 radical (unpaired) electrons. The summed E-state index contributed by atoms with van der Waals surface area (Å²) in [6.07, 6.45) is 0.225. The first kappa shape index (κ1) is 15.3. The van der Waals surface area contributed by atoms with E-state index in [2.05, 4.69) is 24.4 Å². The average Bonchev–Trinajstić information content (AvgIpc) is 2.91. The Morgan fingerprint density at radius 2 is 2.00 bits per heavy atom. The highest BCUT2D eigenvalue weighted by atomic mass is 32.2. The molecule has 1 N–H and O–H groups in total. The van der Waals surface area contributed by atoms with E-state index >= 15 is 0 Å². The largest absolute Gasteiger partial charge is 0.481 e. The van der Waals surface area contributed by atoms with Crippen molar-refractivity contribution in [3.63, 3.8) is 0 Å². The Hall–Kier alpha value is -0.780. The van der Waals surface area contributed by atoms with E-state index in [0.29, 0.717) is 0 Å². The number of thiophene rings is 2. The molecular formula is C13H16O2S3. The molecular weight excluding hydrogens is 284 g/mol. The normalized spacial score (nSPS) is 11.4. The van der Waals surface area contributed by atoms with Gasteiger partial charge in [-0.15, -0.1) is 34.4 Å². The van der Waals surface area contributed by atoms with E-state index in [-0.39, 0.29) is 11.7 Å². The molecule has 5 heteroatoms. The first-order valence-electron chi connectivity index (χ1n) is 5.50. The molecule has 2 aromatic rings. The Morgan fingerprint density at radius 3 is 2.39 bits per heavy atom. The lowest BCUT2D eigenvalue weighted by Gasteiger charge is -2.04. The van der Waals surface area contributed by atoms with Crippen molar-refractivity contribution in [2.24, 2.45) is 0 Å².